The monoisotopic (exact) mass is 420 g/mol. The van der Waals surface area contributed by atoms with E-state index < -0.39 is 6.10 Å². The quantitative estimate of drug-likeness (QED) is 0.618. The molecular weight excluding hydrogens is 384 g/mol. The fourth-order valence-corrected chi connectivity index (χ4v) is 3.91. The second-order valence-electron chi connectivity index (χ2n) is 8.53. The fourth-order valence-electron chi connectivity index (χ4n) is 3.91. The third kappa shape index (κ3) is 6.59. The van der Waals surface area contributed by atoms with Crippen LogP contribution in [0.5, 0.6) is 11.5 Å². The van der Waals surface area contributed by atoms with Crippen molar-refractivity contribution in [3.63, 3.8) is 0 Å². The average molecular weight is 421 g/mol. The van der Waals surface area contributed by atoms with Gasteiger partial charge in [0.1, 0.15) is 6.10 Å². The van der Waals surface area contributed by atoms with Gasteiger partial charge in [-0.05, 0) is 43.0 Å². The predicted molar refractivity (Wildman–Crippen MR) is 115 cm³/mol. The molecule has 1 amide bonds. The summed E-state index contributed by atoms with van der Waals surface area (Å²) in [6.45, 7) is 9.87. The van der Waals surface area contributed by atoms with E-state index in [2.05, 4.69) is 18.7 Å². The normalized spacial score (nSPS) is 19.5. The van der Waals surface area contributed by atoms with Crippen molar-refractivity contribution in [3.8, 4) is 11.5 Å². The molecule has 1 atom stereocenters. The highest BCUT2D eigenvalue weighted by molar-refractivity contribution is 5.81. The van der Waals surface area contributed by atoms with Crippen molar-refractivity contribution < 1.29 is 24.1 Å². The minimum absolute atomic E-state index is 0.0441. The molecule has 3 rings (SSSR count). The van der Waals surface area contributed by atoms with Crippen LogP contribution in [-0.4, -0.2) is 79.5 Å². The predicted octanol–water partition coefficient (Wildman–Crippen LogP) is 2.31. The highest BCUT2D eigenvalue weighted by Crippen LogP contribution is 2.31. The Morgan fingerprint density at radius 1 is 1.20 bits per heavy atom. The van der Waals surface area contributed by atoms with E-state index in [1.54, 1.807) is 0 Å². The lowest BCUT2D eigenvalue weighted by Gasteiger charge is -2.35. The van der Waals surface area contributed by atoms with Gasteiger partial charge in [0, 0.05) is 39.2 Å². The van der Waals surface area contributed by atoms with Crippen LogP contribution >= 0.6 is 0 Å². The molecule has 30 heavy (non-hydrogen) atoms. The van der Waals surface area contributed by atoms with Gasteiger partial charge in [0.25, 0.3) is 5.91 Å². The second kappa shape index (κ2) is 11.5. The summed E-state index contributed by atoms with van der Waals surface area (Å²) in [6.07, 6.45) is 2.16. The Bertz CT molecular complexity index is 682. The Morgan fingerprint density at radius 3 is 2.77 bits per heavy atom. The van der Waals surface area contributed by atoms with Crippen LogP contribution in [0, 0.1) is 5.92 Å². The first-order valence-electron chi connectivity index (χ1n) is 11.2. The summed E-state index contributed by atoms with van der Waals surface area (Å²) in [5.74, 6) is 1.93. The third-order valence-electron chi connectivity index (χ3n) is 5.39. The topological polar surface area (TPSA) is 71.5 Å². The molecule has 2 aliphatic heterocycles. The SMILES string of the molecule is CC(C)CN(Cc1ccc2c(c1)OCCCO2)C(=O)C1CN(CCCCO)CCO1. The van der Waals surface area contributed by atoms with Crippen LogP contribution in [0.25, 0.3) is 0 Å². The summed E-state index contributed by atoms with van der Waals surface area (Å²) < 4.78 is 17.4. The van der Waals surface area contributed by atoms with Crippen molar-refractivity contribution >= 4 is 5.91 Å². The number of aliphatic hydroxyl groups is 1. The first-order valence-corrected chi connectivity index (χ1v) is 11.2. The van der Waals surface area contributed by atoms with Gasteiger partial charge in [-0.2, -0.15) is 0 Å². The van der Waals surface area contributed by atoms with Gasteiger partial charge in [-0.3, -0.25) is 9.69 Å². The number of nitrogens with zero attached hydrogens (tertiary/aromatic N) is 2. The first-order chi connectivity index (χ1) is 14.6. The van der Waals surface area contributed by atoms with Crippen LogP contribution in [-0.2, 0) is 16.1 Å². The summed E-state index contributed by atoms with van der Waals surface area (Å²) in [6, 6.07) is 5.94. The lowest BCUT2D eigenvalue weighted by Crippen LogP contribution is -2.51. The maximum Gasteiger partial charge on any atom is 0.253 e. The smallest absolute Gasteiger partial charge is 0.253 e. The van der Waals surface area contributed by atoms with E-state index in [1.807, 2.05) is 23.1 Å². The molecule has 1 N–H and O–H groups in total. The summed E-state index contributed by atoms with van der Waals surface area (Å²) in [5, 5.41) is 9.00. The van der Waals surface area contributed by atoms with Gasteiger partial charge in [0.2, 0.25) is 0 Å². The number of carbonyl (C=O) groups excluding carboxylic acids is 1. The number of aliphatic hydroxyl groups excluding tert-OH is 1. The second-order valence-corrected chi connectivity index (χ2v) is 8.53. The van der Waals surface area contributed by atoms with Crippen LogP contribution in [0.15, 0.2) is 18.2 Å². The van der Waals surface area contributed by atoms with E-state index >= 15 is 0 Å². The van der Waals surface area contributed by atoms with Crippen LogP contribution < -0.4 is 9.47 Å². The molecule has 0 aliphatic carbocycles. The number of unbranched alkanes of at least 4 members (excludes halogenated alkanes) is 1. The summed E-state index contributed by atoms with van der Waals surface area (Å²) in [5.41, 5.74) is 1.03. The summed E-state index contributed by atoms with van der Waals surface area (Å²) >= 11 is 0. The molecule has 1 aromatic rings. The number of hydrogen-bond donors (Lipinski definition) is 1. The molecular formula is C23H36N2O5. The number of carbonyl (C=O) groups is 1. The van der Waals surface area contributed by atoms with Gasteiger partial charge in [0.15, 0.2) is 11.5 Å². The van der Waals surface area contributed by atoms with Gasteiger partial charge in [-0.15, -0.1) is 0 Å². The molecule has 1 aromatic carbocycles. The molecule has 0 saturated carbocycles. The van der Waals surface area contributed by atoms with Crippen LogP contribution in [0.1, 0.15) is 38.7 Å². The zero-order chi connectivity index (χ0) is 21.3. The average Bonchev–Trinajstić information content (AvgIpc) is 2.98. The van der Waals surface area contributed by atoms with Crippen molar-refractivity contribution in [2.75, 3.05) is 52.6 Å². The number of morpholine rings is 1. The number of ether oxygens (including phenoxy) is 3. The van der Waals surface area contributed by atoms with E-state index in [-0.39, 0.29) is 12.5 Å². The van der Waals surface area contributed by atoms with Crippen molar-refractivity contribution in [1.29, 1.82) is 0 Å². The van der Waals surface area contributed by atoms with E-state index in [9.17, 15) is 4.79 Å². The number of fused-ring (bicyclic) bond motifs is 1. The maximum atomic E-state index is 13.3. The molecule has 7 nitrogen and oxygen atoms in total. The highest BCUT2D eigenvalue weighted by Gasteiger charge is 2.30. The summed E-state index contributed by atoms with van der Waals surface area (Å²) in [7, 11) is 0. The molecule has 168 valence electrons. The molecule has 0 bridgehead atoms. The Labute approximate surface area is 179 Å². The van der Waals surface area contributed by atoms with Crippen molar-refractivity contribution in [2.24, 2.45) is 5.92 Å². The minimum atomic E-state index is -0.438. The van der Waals surface area contributed by atoms with Gasteiger partial charge >= 0.3 is 0 Å². The molecule has 7 heteroatoms. The van der Waals surface area contributed by atoms with Crippen molar-refractivity contribution in [2.45, 2.75) is 45.8 Å². The van der Waals surface area contributed by atoms with Gasteiger partial charge in [0.05, 0.1) is 19.8 Å². The lowest BCUT2D eigenvalue weighted by atomic mass is 10.1. The van der Waals surface area contributed by atoms with Gasteiger partial charge < -0.3 is 24.2 Å². The van der Waals surface area contributed by atoms with E-state index in [0.717, 1.165) is 49.4 Å². The van der Waals surface area contributed by atoms with E-state index in [4.69, 9.17) is 19.3 Å². The van der Waals surface area contributed by atoms with Crippen LogP contribution in [0.4, 0.5) is 0 Å². The Hall–Kier alpha value is -1.83. The Balaban J connectivity index is 1.66. The van der Waals surface area contributed by atoms with E-state index in [1.165, 1.54) is 0 Å². The molecule has 0 radical (unpaired) electrons. The minimum Gasteiger partial charge on any atom is -0.490 e. The largest absolute Gasteiger partial charge is 0.490 e. The van der Waals surface area contributed by atoms with E-state index in [0.29, 0.717) is 45.4 Å². The molecule has 2 aliphatic rings. The van der Waals surface area contributed by atoms with Crippen LogP contribution in [0.3, 0.4) is 0 Å². The maximum absolute atomic E-state index is 13.3. The molecule has 1 fully saturated rings. The Kier molecular flexibility index (Phi) is 8.78. The van der Waals surface area contributed by atoms with Gasteiger partial charge in [-0.1, -0.05) is 19.9 Å². The van der Waals surface area contributed by atoms with Crippen molar-refractivity contribution in [1.82, 2.24) is 9.80 Å². The summed E-state index contributed by atoms with van der Waals surface area (Å²) in [4.78, 5) is 17.5. The molecule has 0 spiro atoms. The fraction of sp³-hybridized carbons (Fsp3) is 0.696. The van der Waals surface area contributed by atoms with Crippen LogP contribution in [0.2, 0.25) is 0 Å². The molecule has 2 heterocycles. The molecule has 1 unspecified atom stereocenters. The Morgan fingerprint density at radius 2 is 2.00 bits per heavy atom. The number of amides is 1. The highest BCUT2D eigenvalue weighted by atomic mass is 16.5. The van der Waals surface area contributed by atoms with Crippen molar-refractivity contribution in [3.05, 3.63) is 23.8 Å². The lowest BCUT2D eigenvalue weighted by molar-refractivity contribution is -0.150. The number of hydrogen-bond acceptors (Lipinski definition) is 6. The first kappa shape index (κ1) is 22.8. The zero-order valence-corrected chi connectivity index (χ0v) is 18.3. The number of benzene rings is 1. The number of rotatable bonds is 9. The molecule has 1 saturated heterocycles. The van der Waals surface area contributed by atoms with Gasteiger partial charge in [-0.25, -0.2) is 0 Å². The zero-order valence-electron chi connectivity index (χ0n) is 18.3. The third-order valence-corrected chi connectivity index (χ3v) is 5.39. The molecule has 0 aromatic heterocycles. The standard InChI is InChI=1S/C23H36N2O5/c1-18(2)15-25(16-19-6-7-20-21(14-19)29-12-5-11-28-20)23(27)22-17-24(9-13-30-22)8-3-4-10-26/h6-7,14,18,22,26H,3-5,8-13,15-17H2,1-2H3.